The number of carbonyl (C=O) groups excluding carboxylic acids is 2. The Labute approximate surface area is 191 Å². The minimum Gasteiger partial charge on any atom is -0.366 e. The summed E-state index contributed by atoms with van der Waals surface area (Å²) in [5, 5.41) is 10.8. The molecule has 5 heterocycles. The van der Waals surface area contributed by atoms with E-state index in [1.165, 1.54) is 0 Å². The van der Waals surface area contributed by atoms with Crippen molar-refractivity contribution in [3.05, 3.63) is 60.2 Å². The molecule has 0 bridgehead atoms. The minimum absolute atomic E-state index is 0.0117. The van der Waals surface area contributed by atoms with Crippen LogP contribution in [0.4, 0.5) is 5.82 Å². The second kappa shape index (κ2) is 9.01. The summed E-state index contributed by atoms with van der Waals surface area (Å²) in [6, 6.07) is 5.56. The Hall–Kier alpha value is -3.75. The lowest BCUT2D eigenvalue weighted by atomic mass is 9.93. The third-order valence-corrected chi connectivity index (χ3v) is 6.38. The fourth-order valence-electron chi connectivity index (χ4n) is 4.61. The van der Waals surface area contributed by atoms with Gasteiger partial charge in [0.25, 0.3) is 0 Å². The largest absolute Gasteiger partial charge is 0.366 e. The molecule has 2 aliphatic rings. The maximum Gasteiger partial charge on any atom is 0.245 e. The number of anilines is 1. The van der Waals surface area contributed by atoms with Gasteiger partial charge in [-0.05, 0) is 30.9 Å². The standard InChI is InChI=1S/C24H27N7O2/c1-2-17-14-27-31-21(26-13-16-5-3-9-25-12-16)11-20(29-23(17)31)18-6-4-10-30(15-18)24(33)19-7-8-22(32)28-19/h2-3,5,9,11-12,14,18-19,26H,1,4,6-8,10,13,15H2,(H,28,32). The van der Waals surface area contributed by atoms with Crippen LogP contribution in [0, 0.1) is 0 Å². The highest BCUT2D eigenvalue weighted by atomic mass is 16.2. The number of hydrogen-bond donors (Lipinski definition) is 2. The molecule has 2 saturated heterocycles. The van der Waals surface area contributed by atoms with Crippen LogP contribution in [-0.4, -0.2) is 55.4 Å². The van der Waals surface area contributed by atoms with Crippen molar-refractivity contribution in [3.8, 4) is 0 Å². The molecular weight excluding hydrogens is 418 g/mol. The Balaban J connectivity index is 1.41. The van der Waals surface area contributed by atoms with E-state index in [1.54, 1.807) is 23.0 Å². The van der Waals surface area contributed by atoms with Gasteiger partial charge in [-0.25, -0.2) is 4.98 Å². The molecule has 0 aromatic carbocycles. The van der Waals surface area contributed by atoms with Crippen molar-refractivity contribution in [2.45, 2.75) is 44.2 Å². The van der Waals surface area contributed by atoms with Gasteiger partial charge in [-0.2, -0.15) is 9.61 Å². The molecule has 9 heteroatoms. The van der Waals surface area contributed by atoms with Gasteiger partial charge in [-0.15, -0.1) is 0 Å². The lowest BCUT2D eigenvalue weighted by Crippen LogP contribution is -2.48. The highest BCUT2D eigenvalue weighted by Crippen LogP contribution is 2.30. The normalized spacial score (nSPS) is 20.6. The van der Waals surface area contributed by atoms with Crippen LogP contribution < -0.4 is 10.6 Å². The van der Waals surface area contributed by atoms with Crippen molar-refractivity contribution in [1.82, 2.24) is 29.8 Å². The summed E-state index contributed by atoms with van der Waals surface area (Å²) in [5.41, 5.74) is 3.59. The Morgan fingerprint density at radius 3 is 3.00 bits per heavy atom. The van der Waals surface area contributed by atoms with E-state index < -0.39 is 6.04 Å². The maximum atomic E-state index is 13.0. The summed E-state index contributed by atoms with van der Waals surface area (Å²) in [7, 11) is 0. The van der Waals surface area contributed by atoms with Gasteiger partial charge in [0.2, 0.25) is 11.8 Å². The average molecular weight is 446 g/mol. The third-order valence-electron chi connectivity index (χ3n) is 6.38. The Kier molecular flexibility index (Phi) is 5.77. The van der Waals surface area contributed by atoms with Crippen LogP contribution in [0.15, 0.2) is 43.4 Å². The van der Waals surface area contributed by atoms with Gasteiger partial charge >= 0.3 is 0 Å². The summed E-state index contributed by atoms with van der Waals surface area (Å²) >= 11 is 0. The van der Waals surface area contributed by atoms with Crippen LogP contribution in [0.1, 0.15) is 48.4 Å². The number of hydrogen-bond acceptors (Lipinski definition) is 6. The quantitative estimate of drug-likeness (QED) is 0.604. The lowest BCUT2D eigenvalue weighted by molar-refractivity contribution is -0.135. The van der Waals surface area contributed by atoms with E-state index in [0.29, 0.717) is 32.5 Å². The lowest BCUT2D eigenvalue weighted by Gasteiger charge is -2.34. The molecule has 3 aromatic heterocycles. The van der Waals surface area contributed by atoms with E-state index in [1.807, 2.05) is 29.3 Å². The topological polar surface area (TPSA) is 105 Å². The van der Waals surface area contributed by atoms with E-state index in [0.717, 1.165) is 41.1 Å². The molecule has 5 rings (SSSR count). The van der Waals surface area contributed by atoms with E-state index >= 15 is 0 Å². The molecule has 0 radical (unpaired) electrons. The van der Waals surface area contributed by atoms with Crippen molar-refractivity contribution < 1.29 is 9.59 Å². The molecule has 33 heavy (non-hydrogen) atoms. The molecule has 2 fully saturated rings. The number of carbonyl (C=O) groups is 2. The average Bonchev–Trinajstić information content (AvgIpc) is 3.48. The number of pyridine rings is 1. The SMILES string of the molecule is C=Cc1cnn2c(NCc3cccnc3)cc(C3CCCN(C(=O)C4CCC(=O)N4)C3)nc12. The van der Waals surface area contributed by atoms with E-state index in [4.69, 9.17) is 4.98 Å². The summed E-state index contributed by atoms with van der Waals surface area (Å²) in [5.74, 6) is 0.906. The first kappa shape index (κ1) is 21.1. The second-order valence-electron chi connectivity index (χ2n) is 8.60. The summed E-state index contributed by atoms with van der Waals surface area (Å²) in [6.07, 6.45) is 9.93. The van der Waals surface area contributed by atoms with Gasteiger partial charge in [-0.1, -0.05) is 18.7 Å². The van der Waals surface area contributed by atoms with E-state index in [2.05, 4.69) is 27.3 Å². The highest BCUT2D eigenvalue weighted by molar-refractivity contribution is 5.90. The van der Waals surface area contributed by atoms with Crippen LogP contribution >= 0.6 is 0 Å². The monoisotopic (exact) mass is 445 g/mol. The molecule has 0 spiro atoms. The van der Waals surface area contributed by atoms with Gasteiger partial charge < -0.3 is 15.5 Å². The number of nitrogens with zero attached hydrogens (tertiary/aromatic N) is 5. The van der Waals surface area contributed by atoms with Crippen LogP contribution in [0.25, 0.3) is 11.7 Å². The van der Waals surface area contributed by atoms with Crippen LogP contribution in [0.5, 0.6) is 0 Å². The zero-order chi connectivity index (χ0) is 22.8. The first-order valence-electron chi connectivity index (χ1n) is 11.3. The maximum absolute atomic E-state index is 13.0. The molecule has 3 aromatic rings. The summed E-state index contributed by atoms with van der Waals surface area (Å²) in [4.78, 5) is 35.5. The van der Waals surface area contributed by atoms with Crippen LogP contribution in [0.3, 0.4) is 0 Å². The Morgan fingerprint density at radius 1 is 1.33 bits per heavy atom. The Bertz CT molecular complexity index is 1190. The van der Waals surface area contributed by atoms with Gasteiger partial charge in [0.15, 0.2) is 5.65 Å². The molecule has 2 amide bonds. The number of likely N-dealkylation sites (tertiary alicyclic amines) is 1. The van der Waals surface area contributed by atoms with Crippen LogP contribution in [-0.2, 0) is 16.1 Å². The van der Waals surface area contributed by atoms with Crippen molar-refractivity contribution >= 4 is 29.4 Å². The fraction of sp³-hybridized carbons (Fsp3) is 0.375. The zero-order valence-electron chi connectivity index (χ0n) is 18.4. The van der Waals surface area contributed by atoms with Crippen LogP contribution in [0.2, 0.25) is 0 Å². The number of aromatic nitrogens is 4. The molecule has 9 nitrogen and oxygen atoms in total. The fourth-order valence-corrected chi connectivity index (χ4v) is 4.61. The molecule has 0 aliphatic carbocycles. The highest BCUT2D eigenvalue weighted by Gasteiger charge is 2.34. The minimum atomic E-state index is -0.398. The van der Waals surface area contributed by atoms with E-state index in [9.17, 15) is 9.59 Å². The van der Waals surface area contributed by atoms with Gasteiger partial charge in [0.05, 0.1) is 11.9 Å². The smallest absolute Gasteiger partial charge is 0.245 e. The second-order valence-corrected chi connectivity index (χ2v) is 8.60. The van der Waals surface area contributed by atoms with Crippen molar-refractivity contribution in [1.29, 1.82) is 0 Å². The van der Waals surface area contributed by atoms with E-state index in [-0.39, 0.29) is 17.7 Å². The number of amides is 2. The number of rotatable bonds is 6. The molecule has 2 atom stereocenters. The van der Waals surface area contributed by atoms with Crippen molar-refractivity contribution in [2.24, 2.45) is 0 Å². The molecule has 0 saturated carbocycles. The predicted octanol–water partition coefficient (Wildman–Crippen LogP) is 2.36. The van der Waals surface area contributed by atoms with Gasteiger partial charge in [-0.3, -0.25) is 14.6 Å². The molecule has 2 N–H and O–H groups in total. The molecule has 170 valence electrons. The molecule has 2 aliphatic heterocycles. The third kappa shape index (κ3) is 4.30. The zero-order valence-corrected chi connectivity index (χ0v) is 18.4. The summed E-state index contributed by atoms with van der Waals surface area (Å²) in [6.45, 7) is 5.80. The van der Waals surface area contributed by atoms with Crippen molar-refractivity contribution in [2.75, 3.05) is 18.4 Å². The predicted molar refractivity (Wildman–Crippen MR) is 124 cm³/mol. The Morgan fingerprint density at radius 2 is 2.24 bits per heavy atom. The number of piperidine rings is 1. The number of nitrogens with one attached hydrogen (secondary N) is 2. The van der Waals surface area contributed by atoms with Crippen molar-refractivity contribution in [3.63, 3.8) is 0 Å². The number of fused-ring (bicyclic) bond motifs is 1. The van der Waals surface area contributed by atoms with Gasteiger partial charge in [0.1, 0.15) is 11.9 Å². The molecular formula is C24H27N7O2. The summed E-state index contributed by atoms with van der Waals surface area (Å²) < 4.78 is 1.79. The first-order valence-corrected chi connectivity index (χ1v) is 11.3. The molecule has 2 unspecified atom stereocenters. The van der Waals surface area contributed by atoms with Gasteiger partial charge in [0, 0.05) is 56.0 Å². The first-order chi connectivity index (χ1) is 16.1.